The van der Waals surface area contributed by atoms with E-state index in [1.807, 2.05) is 6.92 Å². The molecule has 0 N–H and O–H groups in total. The third-order valence-corrected chi connectivity index (χ3v) is 6.10. The molecule has 130 valence electrons. The van der Waals surface area contributed by atoms with Crippen molar-refractivity contribution in [3.8, 4) is 0 Å². The van der Waals surface area contributed by atoms with Crippen molar-refractivity contribution >= 4 is 10.0 Å². The van der Waals surface area contributed by atoms with Crippen LogP contribution >= 0.6 is 0 Å². The first-order chi connectivity index (χ1) is 11.3. The van der Waals surface area contributed by atoms with E-state index in [4.69, 9.17) is 0 Å². The maximum atomic E-state index is 13.3. The summed E-state index contributed by atoms with van der Waals surface area (Å²) in [6.07, 6.45) is 2.76. The summed E-state index contributed by atoms with van der Waals surface area (Å²) in [5.74, 6) is -1.33. The van der Waals surface area contributed by atoms with E-state index in [9.17, 15) is 17.2 Å². The fourth-order valence-electron chi connectivity index (χ4n) is 2.90. The van der Waals surface area contributed by atoms with Gasteiger partial charge in [-0.3, -0.25) is 0 Å². The first-order valence-electron chi connectivity index (χ1n) is 7.81. The molecule has 0 radical (unpaired) electrons. The van der Waals surface area contributed by atoms with Crippen molar-refractivity contribution in [3.63, 3.8) is 0 Å². The van der Waals surface area contributed by atoms with Crippen LogP contribution in [0.25, 0.3) is 0 Å². The molecule has 0 amide bonds. The van der Waals surface area contributed by atoms with Crippen LogP contribution in [-0.2, 0) is 16.6 Å². The van der Waals surface area contributed by atoms with E-state index in [2.05, 4.69) is 16.5 Å². The Hall–Kier alpha value is -1.80. The first kappa shape index (κ1) is 17.0. The Morgan fingerprint density at radius 3 is 2.58 bits per heavy atom. The van der Waals surface area contributed by atoms with E-state index in [0.717, 1.165) is 42.7 Å². The Morgan fingerprint density at radius 2 is 1.96 bits per heavy atom. The number of aromatic nitrogens is 2. The predicted octanol–water partition coefficient (Wildman–Crippen LogP) is 2.67. The summed E-state index contributed by atoms with van der Waals surface area (Å²) in [5.41, 5.74) is 1.05. The third-order valence-electron chi connectivity index (χ3n) is 4.28. The Kier molecular flexibility index (Phi) is 4.44. The molecule has 0 spiro atoms. The molecule has 0 atom stereocenters. The second-order valence-corrected chi connectivity index (χ2v) is 7.94. The number of hydrogen-bond acceptors (Lipinski definition) is 3. The molecule has 3 rings (SSSR count). The van der Waals surface area contributed by atoms with Gasteiger partial charge in [-0.25, -0.2) is 22.2 Å². The highest BCUT2D eigenvalue weighted by molar-refractivity contribution is 7.89. The second kappa shape index (κ2) is 6.25. The van der Waals surface area contributed by atoms with Crippen molar-refractivity contribution in [2.45, 2.75) is 37.6 Å². The molecule has 0 bridgehead atoms. The zero-order valence-corrected chi connectivity index (χ0v) is 14.4. The van der Waals surface area contributed by atoms with Crippen LogP contribution < -0.4 is 0 Å². The lowest BCUT2D eigenvalue weighted by atomic mass is 10.0. The molecule has 1 fully saturated rings. The van der Waals surface area contributed by atoms with Gasteiger partial charge in [0.25, 0.3) is 0 Å². The van der Waals surface area contributed by atoms with E-state index < -0.39 is 21.7 Å². The van der Waals surface area contributed by atoms with Crippen LogP contribution in [0, 0.1) is 18.6 Å². The van der Waals surface area contributed by atoms with Gasteiger partial charge in [0.2, 0.25) is 10.0 Å². The van der Waals surface area contributed by atoms with Crippen LogP contribution in [-0.4, -0.2) is 35.4 Å². The van der Waals surface area contributed by atoms with Crippen LogP contribution in [0.2, 0.25) is 0 Å². The summed E-state index contributed by atoms with van der Waals surface area (Å²) in [6.45, 7) is 5.47. The highest BCUT2D eigenvalue weighted by Crippen LogP contribution is 2.32. The minimum atomic E-state index is -3.81. The lowest BCUT2D eigenvalue weighted by Gasteiger charge is -2.37. The van der Waals surface area contributed by atoms with E-state index in [1.165, 1.54) is 4.31 Å². The number of benzene rings is 1. The molecule has 8 heteroatoms. The summed E-state index contributed by atoms with van der Waals surface area (Å²) in [4.78, 5) is 4.17. The summed E-state index contributed by atoms with van der Waals surface area (Å²) >= 11 is 0. The van der Waals surface area contributed by atoms with Gasteiger partial charge in [0.1, 0.15) is 5.82 Å². The molecule has 0 saturated carbocycles. The Balaban J connectivity index is 1.77. The molecule has 0 aliphatic carbocycles. The number of hydrogen-bond donors (Lipinski definition) is 0. The number of aryl methyl sites for hydroxylation is 1. The van der Waals surface area contributed by atoms with Gasteiger partial charge < -0.3 is 4.57 Å². The summed E-state index contributed by atoms with van der Waals surface area (Å²) in [5, 5.41) is 0. The first-order valence-corrected chi connectivity index (χ1v) is 9.25. The standard InChI is InChI=1S/C16H19F2N3O2S/c1-3-6-21-11(2)8-19-16(21)12-9-20(10-12)24(22,23)13-4-5-14(17)15(18)7-13/h4-5,7-8,12H,3,6,9-10H2,1-2H3. The fourth-order valence-corrected chi connectivity index (χ4v) is 4.45. The van der Waals surface area contributed by atoms with Gasteiger partial charge in [-0.2, -0.15) is 4.31 Å². The average Bonchev–Trinajstić information content (AvgIpc) is 2.82. The highest BCUT2D eigenvalue weighted by atomic mass is 32.2. The van der Waals surface area contributed by atoms with Crippen LogP contribution in [0.5, 0.6) is 0 Å². The topological polar surface area (TPSA) is 55.2 Å². The Labute approximate surface area is 140 Å². The smallest absolute Gasteiger partial charge is 0.243 e. The number of rotatable bonds is 5. The van der Waals surface area contributed by atoms with E-state index in [1.54, 1.807) is 6.20 Å². The Bertz CT molecular complexity index is 858. The minimum absolute atomic E-state index is 0.0188. The van der Waals surface area contributed by atoms with Gasteiger partial charge in [0.15, 0.2) is 11.6 Å². The monoisotopic (exact) mass is 355 g/mol. The van der Waals surface area contributed by atoms with Crippen molar-refractivity contribution < 1.29 is 17.2 Å². The molecular formula is C16H19F2N3O2S. The van der Waals surface area contributed by atoms with E-state index in [-0.39, 0.29) is 10.8 Å². The van der Waals surface area contributed by atoms with Crippen LogP contribution in [0.3, 0.4) is 0 Å². The predicted molar refractivity (Wildman–Crippen MR) is 85.1 cm³/mol. The number of imidazole rings is 1. The van der Waals surface area contributed by atoms with Gasteiger partial charge in [-0.15, -0.1) is 0 Å². The second-order valence-electron chi connectivity index (χ2n) is 6.00. The van der Waals surface area contributed by atoms with Crippen molar-refractivity contribution in [1.82, 2.24) is 13.9 Å². The van der Waals surface area contributed by atoms with Gasteiger partial charge >= 0.3 is 0 Å². The van der Waals surface area contributed by atoms with Crippen molar-refractivity contribution in [1.29, 1.82) is 0 Å². The maximum Gasteiger partial charge on any atom is 0.243 e. The van der Waals surface area contributed by atoms with Gasteiger partial charge in [0.05, 0.1) is 4.90 Å². The number of sulfonamides is 1. The quantitative estimate of drug-likeness (QED) is 0.829. The third kappa shape index (κ3) is 2.84. The lowest BCUT2D eigenvalue weighted by molar-refractivity contribution is 0.250. The number of halogens is 2. The van der Waals surface area contributed by atoms with Crippen molar-refractivity contribution in [2.24, 2.45) is 0 Å². The van der Waals surface area contributed by atoms with Gasteiger partial charge in [-0.05, 0) is 31.5 Å². The molecule has 2 aromatic rings. The zero-order chi connectivity index (χ0) is 17.5. The largest absolute Gasteiger partial charge is 0.332 e. The van der Waals surface area contributed by atoms with Crippen LogP contribution in [0.4, 0.5) is 8.78 Å². The molecule has 1 aliphatic heterocycles. The normalized spacial score (nSPS) is 16.3. The summed E-state index contributed by atoms with van der Waals surface area (Å²) in [6, 6.07) is 2.64. The molecule has 5 nitrogen and oxygen atoms in total. The highest BCUT2D eigenvalue weighted by Gasteiger charge is 2.39. The van der Waals surface area contributed by atoms with Crippen molar-refractivity contribution in [3.05, 3.63) is 47.5 Å². The lowest BCUT2D eigenvalue weighted by Crippen LogP contribution is -2.49. The fraction of sp³-hybridized carbons (Fsp3) is 0.438. The SMILES string of the molecule is CCCn1c(C)cnc1C1CN(S(=O)(=O)c2ccc(F)c(F)c2)C1. The Morgan fingerprint density at radius 1 is 1.25 bits per heavy atom. The average molecular weight is 355 g/mol. The molecule has 2 heterocycles. The van der Waals surface area contributed by atoms with E-state index >= 15 is 0 Å². The molecule has 0 unspecified atom stereocenters. The van der Waals surface area contributed by atoms with Crippen LogP contribution in [0.1, 0.15) is 30.8 Å². The van der Waals surface area contributed by atoms with E-state index in [0.29, 0.717) is 13.1 Å². The summed E-state index contributed by atoms with van der Waals surface area (Å²) in [7, 11) is -3.81. The molecule has 1 aliphatic rings. The maximum absolute atomic E-state index is 13.3. The van der Waals surface area contributed by atoms with Crippen LogP contribution in [0.15, 0.2) is 29.3 Å². The molecule has 1 aromatic carbocycles. The molecule has 1 saturated heterocycles. The zero-order valence-electron chi connectivity index (χ0n) is 13.5. The molecule has 1 aromatic heterocycles. The molecular weight excluding hydrogens is 336 g/mol. The van der Waals surface area contributed by atoms with Gasteiger partial charge in [-0.1, -0.05) is 6.92 Å². The minimum Gasteiger partial charge on any atom is -0.332 e. The van der Waals surface area contributed by atoms with Crippen molar-refractivity contribution in [2.75, 3.05) is 13.1 Å². The summed E-state index contributed by atoms with van der Waals surface area (Å²) < 4.78 is 54.6. The van der Waals surface area contributed by atoms with Gasteiger partial charge in [0, 0.05) is 37.4 Å². The number of nitrogens with zero attached hydrogens (tertiary/aromatic N) is 3. The molecule has 24 heavy (non-hydrogen) atoms.